The summed E-state index contributed by atoms with van der Waals surface area (Å²) >= 11 is 0. The summed E-state index contributed by atoms with van der Waals surface area (Å²) in [6.07, 6.45) is -3.27. The summed E-state index contributed by atoms with van der Waals surface area (Å²) < 4.78 is 54.7. The highest BCUT2D eigenvalue weighted by atomic mass is 19.4. The van der Waals surface area contributed by atoms with E-state index in [1.54, 1.807) is 37.3 Å². The van der Waals surface area contributed by atoms with Gasteiger partial charge in [-0.25, -0.2) is 5.43 Å². The van der Waals surface area contributed by atoms with Crippen LogP contribution in [0.25, 0.3) is 0 Å². The van der Waals surface area contributed by atoms with E-state index < -0.39 is 36.1 Å². The van der Waals surface area contributed by atoms with Gasteiger partial charge in [-0.05, 0) is 61.0 Å². The standard InChI is InChI=1S/C27H25F3N4O6/c1-3-39-23-12-17(15-31-34-26(37)25(36)33-20-8-5-9-21(14-20)38-2)10-11-22(23)40-16-24(35)32-19-7-4-6-18(13-19)27(28,29)30/h4-15H,3,16H2,1-2H3,(H,32,35)(H,33,36)(H,34,37)/b31-15-. The smallest absolute Gasteiger partial charge is 0.416 e. The average molecular weight is 559 g/mol. The van der Waals surface area contributed by atoms with Crippen molar-refractivity contribution in [1.82, 2.24) is 5.43 Å². The molecule has 10 nitrogen and oxygen atoms in total. The Kier molecular flexibility index (Phi) is 10.1. The monoisotopic (exact) mass is 558 g/mol. The maximum absolute atomic E-state index is 12.9. The molecule has 3 rings (SSSR count). The third-order valence-corrected chi connectivity index (χ3v) is 5.01. The van der Waals surface area contributed by atoms with Crippen LogP contribution in [0.5, 0.6) is 17.2 Å². The van der Waals surface area contributed by atoms with Crippen molar-refractivity contribution in [1.29, 1.82) is 0 Å². The zero-order valence-corrected chi connectivity index (χ0v) is 21.4. The number of hydrazone groups is 1. The summed E-state index contributed by atoms with van der Waals surface area (Å²) in [7, 11) is 1.47. The second-order valence-corrected chi connectivity index (χ2v) is 7.94. The van der Waals surface area contributed by atoms with E-state index in [-0.39, 0.29) is 23.8 Å². The van der Waals surface area contributed by atoms with Gasteiger partial charge >= 0.3 is 18.0 Å². The van der Waals surface area contributed by atoms with Gasteiger partial charge in [0.2, 0.25) is 0 Å². The quantitative estimate of drug-likeness (QED) is 0.194. The van der Waals surface area contributed by atoms with Crippen LogP contribution in [0.1, 0.15) is 18.1 Å². The third-order valence-electron chi connectivity index (χ3n) is 5.01. The topological polar surface area (TPSA) is 127 Å². The minimum absolute atomic E-state index is 0.0285. The van der Waals surface area contributed by atoms with E-state index >= 15 is 0 Å². The number of ether oxygens (including phenoxy) is 3. The number of hydrogen-bond acceptors (Lipinski definition) is 7. The highest BCUT2D eigenvalue weighted by Gasteiger charge is 2.30. The molecule has 0 bridgehead atoms. The maximum atomic E-state index is 12.9. The van der Waals surface area contributed by atoms with Crippen LogP contribution >= 0.6 is 0 Å². The summed E-state index contributed by atoms with van der Waals surface area (Å²) in [5.74, 6) is -1.67. The molecule has 0 aliphatic carbocycles. The number of rotatable bonds is 10. The van der Waals surface area contributed by atoms with Gasteiger partial charge in [-0.3, -0.25) is 14.4 Å². The molecule has 3 amide bonds. The normalized spacial score (nSPS) is 11.0. The van der Waals surface area contributed by atoms with Gasteiger partial charge in [-0.1, -0.05) is 12.1 Å². The minimum atomic E-state index is -4.54. The number of carbonyl (C=O) groups excluding carboxylic acids is 3. The molecule has 0 heterocycles. The van der Waals surface area contributed by atoms with Crippen molar-refractivity contribution in [2.24, 2.45) is 5.10 Å². The van der Waals surface area contributed by atoms with Crippen molar-refractivity contribution in [3.63, 3.8) is 0 Å². The van der Waals surface area contributed by atoms with Crippen LogP contribution < -0.4 is 30.3 Å². The zero-order chi connectivity index (χ0) is 29.1. The second kappa shape index (κ2) is 13.6. The Labute approximate surface area is 227 Å². The van der Waals surface area contributed by atoms with Crippen LogP contribution in [0.2, 0.25) is 0 Å². The molecule has 0 spiro atoms. The minimum Gasteiger partial charge on any atom is -0.497 e. The largest absolute Gasteiger partial charge is 0.497 e. The number of halogens is 3. The van der Waals surface area contributed by atoms with Crippen LogP contribution in [0, 0.1) is 0 Å². The Balaban J connectivity index is 1.56. The Morgan fingerprint density at radius 3 is 2.30 bits per heavy atom. The third kappa shape index (κ3) is 8.75. The fourth-order valence-electron chi connectivity index (χ4n) is 3.21. The van der Waals surface area contributed by atoms with Crippen LogP contribution in [0.4, 0.5) is 24.5 Å². The molecule has 0 atom stereocenters. The fourth-order valence-corrected chi connectivity index (χ4v) is 3.21. The highest BCUT2D eigenvalue weighted by Crippen LogP contribution is 2.31. The maximum Gasteiger partial charge on any atom is 0.416 e. The summed E-state index contributed by atoms with van der Waals surface area (Å²) in [6.45, 7) is 1.49. The van der Waals surface area contributed by atoms with Gasteiger partial charge in [-0.2, -0.15) is 18.3 Å². The molecule has 0 aliphatic rings. The van der Waals surface area contributed by atoms with Crippen LogP contribution in [0.15, 0.2) is 71.8 Å². The van der Waals surface area contributed by atoms with E-state index in [1.807, 2.05) is 0 Å². The molecular weight excluding hydrogens is 533 g/mol. The number of benzene rings is 3. The number of anilines is 2. The summed E-state index contributed by atoms with van der Waals surface area (Å²) in [4.78, 5) is 36.4. The Morgan fingerprint density at radius 1 is 0.875 bits per heavy atom. The van der Waals surface area contributed by atoms with Gasteiger partial charge in [0, 0.05) is 17.4 Å². The SMILES string of the molecule is CCOc1cc(/C=N\NC(=O)C(=O)Nc2cccc(OC)c2)ccc1OCC(=O)Nc1cccc(C(F)(F)F)c1. The number of methoxy groups -OCH3 is 1. The second-order valence-electron chi connectivity index (χ2n) is 7.94. The number of amides is 3. The molecule has 0 unspecified atom stereocenters. The summed E-state index contributed by atoms with van der Waals surface area (Å²) in [5.41, 5.74) is 2.03. The van der Waals surface area contributed by atoms with E-state index in [4.69, 9.17) is 14.2 Å². The van der Waals surface area contributed by atoms with Crippen molar-refractivity contribution in [2.75, 3.05) is 31.0 Å². The lowest BCUT2D eigenvalue weighted by Gasteiger charge is -2.13. The van der Waals surface area contributed by atoms with Gasteiger partial charge in [0.1, 0.15) is 5.75 Å². The first-order valence-electron chi connectivity index (χ1n) is 11.7. The number of nitrogens with zero attached hydrogens (tertiary/aromatic N) is 1. The number of hydrogen-bond donors (Lipinski definition) is 3. The van der Waals surface area contributed by atoms with Crippen molar-refractivity contribution in [3.05, 3.63) is 77.9 Å². The molecule has 210 valence electrons. The van der Waals surface area contributed by atoms with Crippen molar-refractivity contribution < 1.29 is 41.8 Å². The van der Waals surface area contributed by atoms with Crippen molar-refractivity contribution in [3.8, 4) is 17.2 Å². The Hall–Kier alpha value is -5.07. The van der Waals surface area contributed by atoms with Crippen LogP contribution in [-0.4, -0.2) is 44.3 Å². The summed E-state index contributed by atoms with van der Waals surface area (Å²) in [5, 5.41) is 8.54. The molecule has 3 aromatic carbocycles. The van der Waals surface area contributed by atoms with Crippen LogP contribution in [-0.2, 0) is 20.6 Å². The lowest BCUT2D eigenvalue weighted by Crippen LogP contribution is -2.32. The van der Waals surface area contributed by atoms with Crippen molar-refractivity contribution >= 4 is 35.3 Å². The first kappa shape index (κ1) is 29.5. The molecular formula is C27H25F3N4O6. The van der Waals surface area contributed by atoms with Crippen LogP contribution in [0.3, 0.4) is 0 Å². The first-order chi connectivity index (χ1) is 19.1. The molecule has 40 heavy (non-hydrogen) atoms. The zero-order valence-electron chi connectivity index (χ0n) is 21.4. The number of carbonyl (C=O) groups is 3. The van der Waals surface area contributed by atoms with E-state index in [0.29, 0.717) is 17.0 Å². The molecule has 3 aromatic rings. The fraction of sp³-hybridized carbons (Fsp3) is 0.185. The molecule has 0 aromatic heterocycles. The van der Waals surface area contributed by atoms with E-state index in [9.17, 15) is 27.6 Å². The van der Waals surface area contributed by atoms with Gasteiger partial charge in [0.15, 0.2) is 18.1 Å². The average Bonchev–Trinajstić information content (AvgIpc) is 2.92. The molecule has 13 heteroatoms. The van der Waals surface area contributed by atoms with E-state index in [2.05, 4.69) is 21.2 Å². The molecule has 0 aliphatic heterocycles. The highest BCUT2D eigenvalue weighted by molar-refractivity contribution is 6.39. The summed E-state index contributed by atoms with van der Waals surface area (Å²) in [6, 6.07) is 15.3. The predicted octanol–water partition coefficient (Wildman–Crippen LogP) is 4.22. The lowest BCUT2D eigenvalue weighted by molar-refractivity contribution is -0.137. The van der Waals surface area contributed by atoms with Gasteiger partial charge in [-0.15, -0.1) is 0 Å². The molecule has 0 saturated heterocycles. The van der Waals surface area contributed by atoms with E-state index in [0.717, 1.165) is 12.1 Å². The molecule has 0 saturated carbocycles. The predicted molar refractivity (Wildman–Crippen MR) is 141 cm³/mol. The van der Waals surface area contributed by atoms with Gasteiger partial charge in [0.25, 0.3) is 5.91 Å². The first-order valence-corrected chi connectivity index (χ1v) is 11.7. The van der Waals surface area contributed by atoms with Gasteiger partial charge < -0.3 is 24.8 Å². The lowest BCUT2D eigenvalue weighted by atomic mass is 10.2. The Morgan fingerprint density at radius 2 is 1.60 bits per heavy atom. The Bertz CT molecular complexity index is 1390. The molecule has 0 radical (unpaired) electrons. The molecule has 0 fully saturated rings. The number of alkyl halides is 3. The van der Waals surface area contributed by atoms with E-state index in [1.165, 1.54) is 37.6 Å². The van der Waals surface area contributed by atoms with Gasteiger partial charge in [0.05, 0.1) is 25.5 Å². The van der Waals surface area contributed by atoms with Crippen molar-refractivity contribution in [2.45, 2.75) is 13.1 Å². The molecule has 3 N–H and O–H groups in total. The number of nitrogens with one attached hydrogen (secondary N) is 3.